The minimum absolute atomic E-state index is 0.108. The van der Waals surface area contributed by atoms with Crippen molar-refractivity contribution < 1.29 is 9.59 Å². The van der Waals surface area contributed by atoms with Gasteiger partial charge in [0.2, 0.25) is 0 Å². The Labute approximate surface area is 290 Å². The van der Waals surface area contributed by atoms with Gasteiger partial charge < -0.3 is 0 Å². The highest BCUT2D eigenvalue weighted by Crippen LogP contribution is 2.50. The quantitative estimate of drug-likeness (QED) is 0.153. The van der Waals surface area contributed by atoms with E-state index in [1.807, 2.05) is 48.5 Å². The van der Waals surface area contributed by atoms with E-state index in [1.165, 1.54) is 40.3 Å². The number of hydrogen-bond acceptors (Lipinski definition) is 4. The third-order valence-corrected chi connectivity index (χ3v) is 12.6. The lowest BCUT2D eigenvalue weighted by Crippen LogP contribution is -1.95. The average Bonchev–Trinajstić information content (AvgIpc) is 3.77. The highest BCUT2D eigenvalue weighted by Gasteiger charge is 2.31. The molecule has 0 saturated heterocycles. The lowest BCUT2D eigenvalue weighted by molar-refractivity contribution is 0.103. The molecule has 0 spiro atoms. The molecule has 0 unspecified atom stereocenters. The van der Waals surface area contributed by atoms with Crippen molar-refractivity contribution in [2.45, 2.75) is 0 Å². The van der Waals surface area contributed by atoms with E-state index in [9.17, 15) is 9.59 Å². The molecule has 2 aliphatic carbocycles. The summed E-state index contributed by atoms with van der Waals surface area (Å²) in [4.78, 5) is 25.5. The lowest BCUT2D eigenvalue weighted by atomic mass is 10.0. The van der Waals surface area contributed by atoms with Gasteiger partial charge in [-0.25, -0.2) is 0 Å². The minimum atomic E-state index is 0.108. The fourth-order valence-electron chi connectivity index (χ4n) is 6.68. The van der Waals surface area contributed by atoms with Crippen LogP contribution in [-0.4, -0.2) is 11.6 Å². The van der Waals surface area contributed by atoms with Crippen LogP contribution in [0.5, 0.6) is 0 Å². The first kappa shape index (κ1) is 27.8. The highest BCUT2D eigenvalue weighted by molar-refractivity contribution is 9.11. The summed E-state index contributed by atoms with van der Waals surface area (Å²) in [5.74, 6) is 0.238. The van der Waals surface area contributed by atoms with Crippen molar-refractivity contribution in [1.82, 2.24) is 0 Å². The first-order valence-corrected chi connectivity index (χ1v) is 18.2. The van der Waals surface area contributed by atoms with Crippen molar-refractivity contribution in [3.8, 4) is 22.3 Å². The first-order valence-electron chi connectivity index (χ1n) is 14.2. The zero-order chi connectivity index (χ0) is 30.6. The van der Waals surface area contributed by atoms with Gasteiger partial charge in [0.15, 0.2) is 11.6 Å². The van der Waals surface area contributed by atoms with Gasteiger partial charge in [-0.3, -0.25) is 9.59 Å². The molecule has 7 heteroatoms. The molecule has 2 nitrogen and oxygen atoms in total. The number of ketones is 2. The van der Waals surface area contributed by atoms with Crippen LogP contribution in [-0.2, 0) is 0 Å². The second-order valence-electron chi connectivity index (χ2n) is 11.1. The third-order valence-electron chi connectivity index (χ3n) is 8.63. The Morgan fingerprint density at radius 3 is 1.67 bits per heavy atom. The summed E-state index contributed by atoms with van der Waals surface area (Å²) in [6.07, 6.45) is 0. The van der Waals surface area contributed by atoms with E-state index in [0.29, 0.717) is 0 Å². The molecule has 0 amide bonds. The molecule has 0 saturated carbocycles. The molecule has 0 atom stereocenters. The number of fused-ring (bicyclic) bond motifs is 14. The number of carbonyl (C=O) groups excluding carboxylic acids is 2. The van der Waals surface area contributed by atoms with Crippen LogP contribution in [0.25, 0.3) is 62.6 Å². The Bertz CT molecular complexity index is 2630. The molecule has 10 rings (SSSR count). The zero-order valence-electron chi connectivity index (χ0n) is 23.1. The maximum atomic E-state index is 12.8. The predicted octanol–water partition coefficient (Wildman–Crippen LogP) is 12.8. The van der Waals surface area contributed by atoms with Gasteiger partial charge in [0, 0.05) is 87.1 Å². The number of hydrogen-bond donors (Lipinski definition) is 0. The van der Waals surface area contributed by atoms with Crippen molar-refractivity contribution in [3.05, 3.63) is 139 Å². The van der Waals surface area contributed by atoms with Gasteiger partial charge in [-0.05, 0) is 59.7 Å². The maximum Gasteiger partial charge on any atom is 0.194 e. The van der Waals surface area contributed by atoms with Crippen molar-refractivity contribution in [2.24, 2.45) is 0 Å². The van der Waals surface area contributed by atoms with E-state index in [1.54, 1.807) is 22.7 Å². The molecule has 2 aliphatic rings. The van der Waals surface area contributed by atoms with Crippen LogP contribution in [0.2, 0.25) is 0 Å². The number of carbonyl (C=O) groups is 2. The molecule has 0 bridgehead atoms. The smallest absolute Gasteiger partial charge is 0.194 e. The predicted molar refractivity (Wildman–Crippen MR) is 199 cm³/mol. The van der Waals surface area contributed by atoms with E-state index in [4.69, 9.17) is 0 Å². The monoisotopic (exact) mass is 806 g/mol. The lowest BCUT2D eigenvalue weighted by Gasteiger charge is -2.04. The fraction of sp³-hybridized carbons (Fsp3) is 0. The summed E-state index contributed by atoms with van der Waals surface area (Å²) in [7, 11) is 0. The molecule has 214 valence electrons. The van der Waals surface area contributed by atoms with E-state index >= 15 is 0 Å². The second-order valence-corrected chi connectivity index (χ2v) is 15.9. The van der Waals surface area contributed by atoms with E-state index in [0.717, 1.165) is 57.9 Å². The molecule has 0 radical (unpaired) electrons. The molecular formula is C38H17Br3O2S2. The Morgan fingerprint density at radius 2 is 0.978 bits per heavy atom. The van der Waals surface area contributed by atoms with E-state index in [2.05, 4.69) is 102 Å². The third kappa shape index (κ3) is 4.08. The van der Waals surface area contributed by atoms with Crippen LogP contribution in [0.4, 0.5) is 0 Å². The summed E-state index contributed by atoms with van der Waals surface area (Å²) in [6.45, 7) is 0. The van der Waals surface area contributed by atoms with Gasteiger partial charge in [0.05, 0.1) is 0 Å². The Balaban J connectivity index is 0.000000125. The molecule has 0 aliphatic heterocycles. The largest absolute Gasteiger partial charge is 0.289 e. The van der Waals surface area contributed by atoms with Crippen molar-refractivity contribution in [1.29, 1.82) is 0 Å². The molecule has 0 N–H and O–H groups in total. The van der Waals surface area contributed by atoms with Crippen LogP contribution in [0.1, 0.15) is 31.8 Å². The second kappa shape index (κ2) is 10.3. The Kier molecular flexibility index (Phi) is 6.35. The van der Waals surface area contributed by atoms with Crippen molar-refractivity contribution in [3.63, 3.8) is 0 Å². The van der Waals surface area contributed by atoms with Crippen LogP contribution >= 0.6 is 70.5 Å². The summed E-state index contributed by atoms with van der Waals surface area (Å²) >= 11 is 14.1. The van der Waals surface area contributed by atoms with Crippen LogP contribution in [0.15, 0.2) is 117 Å². The average molecular weight is 809 g/mol. The Hall–Kier alpha value is -3.46. The molecule has 45 heavy (non-hydrogen) atoms. The number of thiophene rings is 2. The van der Waals surface area contributed by atoms with Crippen LogP contribution in [0.3, 0.4) is 0 Å². The van der Waals surface area contributed by atoms with Gasteiger partial charge in [0.25, 0.3) is 0 Å². The van der Waals surface area contributed by atoms with Gasteiger partial charge in [-0.2, -0.15) is 0 Å². The highest BCUT2D eigenvalue weighted by atomic mass is 79.9. The summed E-state index contributed by atoms with van der Waals surface area (Å²) in [5.41, 5.74) is 7.48. The van der Waals surface area contributed by atoms with Gasteiger partial charge in [-0.15, -0.1) is 22.7 Å². The van der Waals surface area contributed by atoms with Crippen molar-refractivity contribution in [2.75, 3.05) is 0 Å². The minimum Gasteiger partial charge on any atom is -0.289 e. The van der Waals surface area contributed by atoms with Crippen LogP contribution in [0, 0.1) is 0 Å². The summed E-state index contributed by atoms with van der Waals surface area (Å²) < 4.78 is 7.78. The summed E-state index contributed by atoms with van der Waals surface area (Å²) in [5, 5.41) is 4.94. The standard InChI is InChI=1S/C19H8Br2OS.C19H9BrOS/c20-9-5-6-10-12(7-9)18(22)13-8-14(21)17-11-3-1-2-4-15(11)23-19(17)16(10)13;20-10-5-6-12-15(9-10)18(21)14-8-7-13-11-3-1-2-4-16(11)22-19(13)17(12)14/h1-8H;1-9H. The number of rotatable bonds is 0. The molecule has 2 aromatic heterocycles. The zero-order valence-corrected chi connectivity index (χ0v) is 29.5. The maximum absolute atomic E-state index is 12.8. The first-order chi connectivity index (χ1) is 21.9. The molecule has 8 aromatic rings. The molecule has 0 fully saturated rings. The fourth-order valence-corrected chi connectivity index (χ4v) is 10.7. The number of benzene rings is 6. The number of halogens is 3. The Morgan fingerprint density at radius 1 is 0.444 bits per heavy atom. The van der Waals surface area contributed by atoms with E-state index < -0.39 is 0 Å². The molecule has 2 heterocycles. The SMILES string of the molecule is O=C1c2cc(Br)ccc2-c2c1cc(Br)c1c2sc2ccccc21.O=C1c2cc(Br)ccc2-c2c1ccc1c2sc2ccccc21. The summed E-state index contributed by atoms with van der Waals surface area (Å²) in [6, 6.07) is 34.8. The van der Waals surface area contributed by atoms with Gasteiger partial charge >= 0.3 is 0 Å². The molecular weight excluding hydrogens is 792 g/mol. The van der Waals surface area contributed by atoms with Crippen LogP contribution < -0.4 is 0 Å². The van der Waals surface area contributed by atoms with Crippen molar-refractivity contribution >= 4 is 122 Å². The van der Waals surface area contributed by atoms with Gasteiger partial charge in [-0.1, -0.05) is 102 Å². The molecule has 6 aromatic carbocycles. The van der Waals surface area contributed by atoms with Gasteiger partial charge in [0.1, 0.15) is 0 Å². The normalized spacial score (nSPS) is 12.9. The topological polar surface area (TPSA) is 34.1 Å². The van der Waals surface area contributed by atoms with E-state index in [-0.39, 0.29) is 11.6 Å².